The third kappa shape index (κ3) is 3.50. The Kier molecular flexibility index (Phi) is 5.18. The maximum Gasteiger partial charge on any atom is 0.318 e. The Hall–Kier alpha value is -3.66. The summed E-state index contributed by atoms with van der Waals surface area (Å²) in [6, 6.07) is 4.63. The van der Waals surface area contributed by atoms with Crippen molar-refractivity contribution < 1.29 is 28.1 Å². The van der Waals surface area contributed by atoms with Gasteiger partial charge >= 0.3 is 6.01 Å². The third-order valence-corrected chi connectivity index (χ3v) is 7.37. The molecule has 0 atom stereocenters. The van der Waals surface area contributed by atoms with E-state index in [0.29, 0.717) is 37.1 Å². The summed E-state index contributed by atoms with van der Waals surface area (Å²) in [7, 11) is 1.38. The number of phenols is 1. The van der Waals surface area contributed by atoms with Crippen LogP contribution in [0.5, 0.6) is 11.8 Å². The molecule has 0 unspecified atom stereocenters. The summed E-state index contributed by atoms with van der Waals surface area (Å²) in [4.78, 5) is 15.0. The van der Waals surface area contributed by atoms with Gasteiger partial charge in [-0.1, -0.05) is 6.07 Å². The van der Waals surface area contributed by atoms with Crippen LogP contribution in [0.2, 0.25) is 0 Å². The number of benzene rings is 2. The molecular weight excluding hydrogens is 473 g/mol. The Bertz CT molecular complexity index is 1520. The zero-order valence-electron chi connectivity index (χ0n) is 19.4. The minimum atomic E-state index is -1.16. The first-order valence-electron chi connectivity index (χ1n) is 11.7. The monoisotopic (exact) mass is 496 g/mol. The van der Waals surface area contributed by atoms with Gasteiger partial charge in [0.1, 0.15) is 22.8 Å². The predicted octanol–water partition coefficient (Wildman–Crippen LogP) is 4.72. The Morgan fingerprint density at radius 1 is 1.11 bits per heavy atom. The molecule has 1 saturated heterocycles. The minimum Gasteiger partial charge on any atom is -0.508 e. The van der Waals surface area contributed by atoms with Gasteiger partial charge in [-0.15, -0.1) is 0 Å². The van der Waals surface area contributed by atoms with E-state index < -0.39 is 17.5 Å². The van der Waals surface area contributed by atoms with E-state index in [1.165, 1.54) is 25.4 Å². The number of rotatable bonds is 3. The van der Waals surface area contributed by atoms with Crippen molar-refractivity contribution in [1.29, 1.82) is 0 Å². The van der Waals surface area contributed by atoms with Gasteiger partial charge in [0.15, 0.2) is 17.5 Å². The normalized spacial score (nSPS) is 21.8. The highest BCUT2D eigenvalue weighted by Gasteiger charge is 2.46. The Balaban J connectivity index is 1.54. The van der Waals surface area contributed by atoms with Crippen LogP contribution in [-0.4, -0.2) is 51.5 Å². The number of aromatic nitrogens is 3. The standard InChI is InChI=1S/C26H23F3N4O3/c1-36-25-31-23-17(24(32-25)33-6-2-5-26(12-33)9-15(35)10-26)11-30-22(21(23)29)16-8-14(34)7-13-3-4-18(27)20(28)19(13)16/h3-4,7-8,11,15,34-35H,2,5-6,9-10,12H2,1H3. The maximum atomic E-state index is 16.0. The van der Waals surface area contributed by atoms with Gasteiger partial charge in [0, 0.05) is 30.2 Å². The summed E-state index contributed by atoms with van der Waals surface area (Å²) in [5, 5.41) is 20.4. The Labute approximate surface area is 204 Å². The molecule has 0 bridgehead atoms. The van der Waals surface area contributed by atoms with Crippen molar-refractivity contribution in [3.05, 3.63) is 47.9 Å². The molecule has 2 aliphatic rings. The number of hydrogen-bond acceptors (Lipinski definition) is 7. The molecule has 0 amide bonds. The van der Waals surface area contributed by atoms with E-state index >= 15 is 4.39 Å². The molecule has 1 spiro atoms. The second kappa shape index (κ2) is 8.19. The molecule has 7 nitrogen and oxygen atoms in total. The molecule has 2 aromatic heterocycles. The number of halogens is 3. The SMILES string of the molecule is COc1nc(N2CCCC3(CC(O)C3)C2)c2cnc(-c3cc(O)cc4ccc(F)c(F)c34)c(F)c2n1. The fourth-order valence-electron chi connectivity index (χ4n) is 5.77. The fourth-order valence-corrected chi connectivity index (χ4v) is 5.77. The van der Waals surface area contributed by atoms with E-state index in [0.717, 1.165) is 25.0 Å². The van der Waals surface area contributed by atoms with Crippen molar-refractivity contribution in [3.63, 3.8) is 0 Å². The summed E-state index contributed by atoms with van der Waals surface area (Å²) in [6.07, 6.45) is 4.44. The highest BCUT2D eigenvalue weighted by Crippen LogP contribution is 2.49. The number of aromatic hydroxyl groups is 1. The highest BCUT2D eigenvalue weighted by atomic mass is 19.2. The number of aliphatic hydroxyl groups excluding tert-OH is 1. The lowest BCUT2D eigenvalue weighted by molar-refractivity contribution is -0.0396. The molecule has 2 aromatic carbocycles. The van der Waals surface area contributed by atoms with E-state index in [9.17, 15) is 19.0 Å². The summed E-state index contributed by atoms with van der Waals surface area (Å²) in [6.45, 7) is 1.35. The van der Waals surface area contributed by atoms with Crippen molar-refractivity contribution in [3.8, 4) is 23.0 Å². The molecule has 2 N–H and O–H groups in total. The number of anilines is 1. The second-order valence-electron chi connectivity index (χ2n) is 9.76. The molecule has 1 aliphatic heterocycles. The van der Waals surface area contributed by atoms with Crippen molar-refractivity contribution in [2.24, 2.45) is 5.41 Å². The Morgan fingerprint density at radius 2 is 1.92 bits per heavy atom. The molecule has 10 heteroatoms. The van der Waals surface area contributed by atoms with Crippen molar-refractivity contribution >= 4 is 27.5 Å². The lowest BCUT2D eigenvalue weighted by Gasteiger charge is -2.51. The molecule has 1 saturated carbocycles. The molecular formula is C26H23F3N4O3. The summed E-state index contributed by atoms with van der Waals surface area (Å²) in [5.74, 6) is -2.90. The average Bonchev–Trinajstić information content (AvgIpc) is 2.85. The van der Waals surface area contributed by atoms with E-state index in [4.69, 9.17) is 4.74 Å². The summed E-state index contributed by atoms with van der Waals surface area (Å²) >= 11 is 0. The van der Waals surface area contributed by atoms with E-state index in [2.05, 4.69) is 15.0 Å². The lowest BCUT2D eigenvalue weighted by Crippen LogP contribution is -2.52. The van der Waals surface area contributed by atoms with E-state index in [1.807, 2.05) is 4.90 Å². The third-order valence-electron chi connectivity index (χ3n) is 7.37. The summed E-state index contributed by atoms with van der Waals surface area (Å²) in [5.41, 5.74) is -0.461. The number of nitrogens with zero attached hydrogens (tertiary/aromatic N) is 4. The van der Waals surface area contributed by atoms with E-state index in [1.54, 1.807) is 0 Å². The quantitative estimate of drug-likeness (QED) is 0.424. The lowest BCUT2D eigenvalue weighted by atomic mass is 9.62. The van der Waals surface area contributed by atoms with Gasteiger partial charge in [0.25, 0.3) is 0 Å². The number of pyridine rings is 1. The highest BCUT2D eigenvalue weighted by molar-refractivity contribution is 6.00. The van der Waals surface area contributed by atoms with Gasteiger partial charge in [-0.3, -0.25) is 4.98 Å². The van der Waals surface area contributed by atoms with Crippen molar-refractivity contribution in [1.82, 2.24) is 15.0 Å². The number of fused-ring (bicyclic) bond motifs is 2. The van der Waals surface area contributed by atoms with Crippen LogP contribution < -0.4 is 9.64 Å². The molecule has 186 valence electrons. The van der Waals surface area contributed by atoms with Crippen molar-refractivity contribution in [2.75, 3.05) is 25.1 Å². The van der Waals surface area contributed by atoms with Crippen LogP contribution in [-0.2, 0) is 0 Å². The molecule has 3 heterocycles. The topological polar surface area (TPSA) is 91.6 Å². The number of methoxy groups -OCH3 is 1. The first-order chi connectivity index (χ1) is 17.3. The van der Waals surface area contributed by atoms with Gasteiger partial charge in [0.2, 0.25) is 0 Å². The van der Waals surface area contributed by atoms with Gasteiger partial charge in [-0.25, -0.2) is 13.2 Å². The molecule has 6 rings (SSSR count). The number of aliphatic hydroxyl groups is 1. The number of ether oxygens (including phenoxy) is 1. The van der Waals surface area contributed by atoms with Gasteiger partial charge in [0.05, 0.1) is 18.6 Å². The zero-order chi connectivity index (χ0) is 25.2. The van der Waals surface area contributed by atoms with Gasteiger partial charge < -0.3 is 19.8 Å². The first-order valence-corrected chi connectivity index (χ1v) is 11.7. The largest absolute Gasteiger partial charge is 0.508 e. The minimum absolute atomic E-state index is 0.00380. The van der Waals surface area contributed by atoms with Crippen LogP contribution in [0.25, 0.3) is 32.9 Å². The average molecular weight is 496 g/mol. The van der Waals surface area contributed by atoms with E-state index in [-0.39, 0.29) is 50.8 Å². The molecule has 1 aliphatic carbocycles. The van der Waals surface area contributed by atoms with Crippen molar-refractivity contribution in [2.45, 2.75) is 31.8 Å². The van der Waals surface area contributed by atoms with Crippen LogP contribution in [0.4, 0.5) is 19.0 Å². The van der Waals surface area contributed by atoms with Gasteiger partial charge in [-0.2, -0.15) is 9.97 Å². The molecule has 4 aromatic rings. The van der Waals surface area contributed by atoms with Crippen LogP contribution in [0.1, 0.15) is 25.7 Å². The number of hydrogen-bond donors (Lipinski definition) is 2. The first kappa shape index (κ1) is 22.8. The summed E-state index contributed by atoms with van der Waals surface area (Å²) < 4.78 is 50.2. The molecule has 2 fully saturated rings. The number of piperidine rings is 1. The van der Waals surface area contributed by atoms with Crippen LogP contribution >= 0.6 is 0 Å². The Morgan fingerprint density at radius 3 is 2.67 bits per heavy atom. The predicted molar refractivity (Wildman–Crippen MR) is 127 cm³/mol. The molecule has 0 radical (unpaired) electrons. The maximum absolute atomic E-state index is 16.0. The smallest absolute Gasteiger partial charge is 0.318 e. The molecule has 36 heavy (non-hydrogen) atoms. The van der Waals surface area contributed by atoms with Crippen LogP contribution in [0, 0.1) is 22.9 Å². The number of phenolic OH excluding ortho intramolecular Hbond substituents is 1. The second-order valence-corrected chi connectivity index (χ2v) is 9.76. The zero-order valence-corrected chi connectivity index (χ0v) is 19.4. The van der Waals surface area contributed by atoms with Crippen LogP contribution in [0.3, 0.4) is 0 Å². The van der Waals surface area contributed by atoms with Gasteiger partial charge in [-0.05, 0) is 54.7 Å². The fraction of sp³-hybridized carbons (Fsp3) is 0.346. The van der Waals surface area contributed by atoms with Crippen LogP contribution in [0.15, 0.2) is 30.5 Å².